The molecular weight excluding hydrogens is 320 g/mol. The second-order valence-electron chi connectivity index (χ2n) is 6.50. The molecule has 1 aliphatic rings. The minimum Gasteiger partial charge on any atom is -0.346 e. The summed E-state index contributed by atoms with van der Waals surface area (Å²) in [6.45, 7) is 5.29. The number of carbonyl (C=O) groups excluding carboxylic acids is 1. The first-order chi connectivity index (χ1) is 11.7. The van der Waals surface area contributed by atoms with Gasteiger partial charge in [0, 0.05) is 30.5 Å². The quantitative estimate of drug-likeness (QED) is 0.752. The number of thioether (sulfide) groups is 1. The lowest BCUT2D eigenvalue weighted by Gasteiger charge is -2.26. The second kappa shape index (κ2) is 8.03. The Morgan fingerprint density at radius 1 is 1.46 bits per heavy atom. The van der Waals surface area contributed by atoms with Crippen molar-refractivity contribution in [3.8, 4) is 0 Å². The van der Waals surface area contributed by atoms with E-state index >= 15 is 0 Å². The Hall–Kier alpha value is -1.53. The van der Waals surface area contributed by atoms with Gasteiger partial charge in [0.25, 0.3) is 0 Å². The van der Waals surface area contributed by atoms with Gasteiger partial charge in [0.1, 0.15) is 5.82 Å². The summed E-state index contributed by atoms with van der Waals surface area (Å²) in [7, 11) is 0. The molecule has 2 heterocycles. The minimum atomic E-state index is -0.0776. The SMILES string of the molecule is CCC(C)C(NC(=O)CC1CSCCN1)c1nc2ccccc2[nH]1. The average Bonchev–Trinajstić information content (AvgIpc) is 3.03. The smallest absolute Gasteiger partial charge is 0.222 e. The number of para-hydroxylation sites is 2. The molecule has 0 saturated carbocycles. The van der Waals surface area contributed by atoms with Crippen LogP contribution < -0.4 is 10.6 Å². The van der Waals surface area contributed by atoms with Gasteiger partial charge in [0.15, 0.2) is 0 Å². The maximum atomic E-state index is 12.5. The number of aromatic nitrogens is 2. The Labute approximate surface area is 147 Å². The van der Waals surface area contributed by atoms with E-state index in [1.165, 1.54) is 0 Å². The number of fused-ring (bicyclic) bond motifs is 1. The third-order valence-electron chi connectivity index (χ3n) is 4.66. The van der Waals surface area contributed by atoms with Crippen LogP contribution in [0.1, 0.15) is 38.6 Å². The topological polar surface area (TPSA) is 69.8 Å². The fourth-order valence-electron chi connectivity index (χ4n) is 3.04. The van der Waals surface area contributed by atoms with Gasteiger partial charge in [-0.05, 0) is 18.1 Å². The number of hydrogen-bond donors (Lipinski definition) is 3. The van der Waals surface area contributed by atoms with Crippen LogP contribution in [0.15, 0.2) is 24.3 Å². The lowest BCUT2D eigenvalue weighted by atomic mass is 9.98. The number of imidazole rings is 1. The standard InChI is InChI=1S/C18H26N4OS/c1-3-12(2)17(18-20-14-6-4-5-7-15(14)21-18)22-16(23)10-13-11-24-9-8-19-13/h4-7,12-13,17,19H,3,8-11H2,1-2H3,(H,20,21)(H,22,23). The van der Waals surface area contributed by atoms with Gasteiger partial charge >= 0.3 is 0 Å². The van der Waals surface area contributed by atoms with Crippen molar-refractivity contribution >= 4 is 28.7 Å². The molecule has 3 unspecified atom stereocenters. The van der Waals surface area contributed by atoms with Gasteiger partial charge in [-0.1, -0.05) is 32.4 Å². The fraction of sp³-hybridized carbons (Fsp3) is 0.556. The van der Waals surface area contributed by atoms with E-state index in [1.54, 1.807) is 0 Å². The van der Waals surface area contributed by atoms with Crippen molar-refractivity contribution in [2.45, 2.75) is 38.8 Å². The summed E-state index contributed by atoms with van der Waals surface area (Å²) in [6.07, 6.45) is 1.51. The zero-order valence-corrected chi connectivity index (χ0v) is 15.2. The van der Waals surface area contributed by atoms with Gasteiger partial charge in [-0.25, -0.2) is 4.98 Å². The van der Waals surface area contributed by atoms with E-state index in [4.69, 9.17) is 4.98 Å². The molecule has 1 aromatic heterocycles. The predicted octanol–water partition coefficient (Wildman–Crippen LogP) is 2.86. The zero-order valence-electron chi connectivity index (χ0n) is 14.3. The van der Waals surface area contributed by atoms with Crippen molar-refractivity contribution in [2.75, 3.05) is 18.1 Å². The lowest BCUT2D eigenvalue weighted by molar-refractivity contribution is -0.122. The number of H-pyrrole nitrogens is 1. The number of aromatic amines is 1. The van der Waals surface area contributed by atoms with Gasteiger partial charge in [0.05, 0.1) is 17.1 Å². The second-order valence-corrected chi connectivity index (χ2v) is 7.65. The number of nitrogens with one attached hydrogen (secondary N) is 3. The molecule has 130 valence electrons. The first kappa shape index (κ1) is 17.3. The van der Waals surface area contributed by atoms with Gasteiger partial charge in [0.2, 0.25) is 5.91 Å². The van der Waals surface area contributed by atoms with Crippen LogP contribution in [0.3, 0.4) is 0 Å². The molecule has 3 rings (SSSR count). The van der Waals surface area contributed by atoms with Crippen molar-refractivity contribution in [1.82, 2.24) is 20.6 Å². The first-order valence-corrected chi connectivity index (χ1v) is 9.88. The highest BCUT2D eigenvalue weighted by atomic mass is 32.2. The summed E-state index contributed by atoms with van der Waals surface area (Å²) in [6, 6.07) is 8.19. The van der Waals surface area contributed by atoms with Crippen LogP contribution in [0, 0.1) is 5.92 Å². The third kappa shape index (κ3) is 4.11. The van der Waals surface area contributed by atoms with Crippen LogP contribution in [-0.4, -0.2) is 40.0 Å². The number of nitrogens with zero attached hydrogens (tertiary/aromatic N) is 1. The molecule has 3 atom stereocenters. The van der Waals surface area contributed by atoms with E-state index < -0.39 is 0 Å². The number of carbonyl (C=O) groups is 1. The first-order valence-electron chi connectivity index (χ1n) is 8.72. The molecular formula is C18H26N4OS. The van der Waals surface area contributed by atoms with Gasteiger partial charge < -0.3 is 15.6 Å². The number of benzene rings is 1. The van der Waals surface area contributed by atoms with Crippen LogP contribution in [0.2, 0.25) is 0 Å². The maximum Gasteiger partial charge on any atom is 0.222 e. The summed E-state index contributed by atoms with van der Waals surface area (Å²) in [4.78, 5) is 20.6. The van der Waals surface area contributed by atoms with Crippen molar-refractivity contribution in [3.63, 3.8) is 0 Å². The maximum absolute atomic E-state index is 12.5. The molecule has 1 aromatic carbocycles. The van der Waals surface area contributed by atoms with Gasteiger partial charge in [-0.3, -0.25) is 4.79 Å². The Morgan fingerprint density at radius 3 is 3.00 bits per heavy atom. The fourth-order valence-corrected chi connectivity index (χ4v) is 3.99. The third-order valence-corrected chi connectivity index (χ3v) is 5.79. The molecule has 24 heavy (non-hydrogen) atoms. The summed E-state index contributed by atoms with van der Waals surface area (Å²) < 4.78 is 0. The molecule has 1 fully saturated rings. The van der Waals surface area contributed by atoms with Gasteiger partial charge in [-0.2, -0.15) is 11.8 Å². The number of rotatable bonds is 6. The van der Waals surface area contributed by atoms with E-state index in [9.17, 15) is 4.79 Å². The molecule has 2 aromatic rings. The van der Waals surface area contributed by atoms with Crippen LogP contribution >= 0.6 is 11.8 Å². The summed E-state index contributed by atoms with van der Waals surface area (Å²) in [5, 5.41) is 6.63. The van der Waals surface area contributed by atoms with Crippen LogP contribution in [0.5, 0.6) is 0 Å². The zero-order chi connectivity index (χ0) is 16.9. The molecule has 0 bridgehead atoms. The summed E-state index contributed by atoms with van der Waals surface area (Å²) in [5.41, 5.74) is 1.96. The number of hydrogen-bond acceptors (Lipinski definition) is 4. The van der Waals surface area contributed by atoms with Crippen LogP contribution in [0.25, 0.3) is 11.0 Å². The van der Waals surface area contributed by atoms with Gasteiger partial charge in [-0.15, -0.1) is 0 Å². The molecule has 1 saturated heterocycles. The Kier molecular flexibility index (Phi) is 5.79. The van der Waals surface area contributed by atoms with Crippen molar-refractivity contribution < 1.29 is 4.79 Å². The minimum absolute atomic E-state index is 0.0776. The largest absolute Gasteiger partial charge is 0.346 e. The lowest BCUT2D eigenvalue weighted by Crippen LogP contribution is -2.42. The van der Waals surface area contributed by atoms with Crippen molar-refractivity contribution in [2.24, 2.45) is 5.92 Å². The highest BCUT2D eigenvalue weighted by molar-refractivity contribution is 7.99. The normalized spacial score (nSPS) is 20.7. The Morgan fingerprint density at radius 2 is 2.29 bits per heavy atom. The van der Waals surface area contributed by atoms with Crippen molar-refractivity contribution in [1.29, 1.82) is 0 Å². The molecule has 0 radical (unpaired) electrons. The predicted molar refractivity (Wildman–Crippen MR) is 100 cm³/mol. The van der Waals surface area contributed by atoms with E-state index in [2.05, 4.69) is 29.5 Å². The van der Waals surface area contributed by atoms with E-state index in [-0.39, 0.29) is 18.0 Å². The highest BCUT2D eigenvalue weighted by Gasteiger charge is 2.25. The van der Waals surface area contributed by atoms with E-state index in [1.807, 2.05) is 36.0 Å². The Balaban J connectivity index is 1.72. The summed E-state index contributed by atoms with van der Waals surface area (Å²) >= 11 is 1.91. The molecule has 1 amide bonds. The molecule has 6 heteroatoms. The monoisotopic (exact) mass is 346 g/mol. The molecule has 5 nitrogen and oxygen atoms in total. The molecule has 0 spiro atoms. The molecule has 3 N–H and O–H groups in total. The van der Waals surface area contributed by atoms with Crippen LogP contribution in [0.4, 0.5) is 0 Å². The van der Waals surface area contributed by atoms with Crippen molar-refractivity contribution in [3.05, 3.63) is 30.1 Å². The average molecular weight is 346 g/mol. The van der Waals surface area contributed by atoms with Crippen LogP contribution in [-0.2, 0) is 4.79 Å². The van der Waals surface area contributed by atoms with E-state index in [0.29, 0.717) is 12.3 Å². The molecule has 1 aliphatic heterocycles. The summed E-state index contributed by atoms with van der Waals surface area (Å²) in [5.74, 6) is 3.41. The highest BCUT2D eigenvalue weighted by Crippen LogP contribution is 2.25. The van der Waals surface area contributed by atoms with E-state index in [0.717, 1.165) is 41.3 Å². The number of amides is 1. The molecule has 0 aliphatic carbocycles. The Bertz CT molecular complexity index is 647.